The van der Waals surface area contributed by atoms with Gasteiger partial charge < -0.3 is 15.5 Å². The first-order valence-corrected chi connectivity index (χ1v) is 7.72. The van der Waals surface area contributed by atoms with Crippen LogP contribution in [0.4, 0.5) is 5.69 Å². The lowest BCUT2D eigenvalue weighted by Gasteiger charge is -2.40. The van der Waals surface area contributed by atoms with Crippen LogP contribution >= 0.6 is 0 Å². The second-order valence-corrected chi connectivity index (χ2v) is 6.84. The van der Waals surface area contributed by atoms with E-state index in [-0.39, 0.29) is 5.41 Å². The molecule has 1 aromatic carbocycles. The average Bonchev–Trinajstić information content (AvgIpc) is 2.48. The Morgan fingerprint density at radius 3 is 2.35 bits per heavy atom. The van der Waals surface area contributed by atoms with Crippen LogP contribution in [-0.4, -0.2) is 44.2 Å². The smallest absolute Gasteiger partial charge is 0.0366 e. The van der Waals surface area contributed by atoms with E-state index in [0.717, 1.165) is 26.2 Å². The van der Waals surface area contributed by atoms with Gasteiger partial charge in [-0.2, -0.15) is 0 Å². The molecule has 1 aliphatic rings. The lowest BCUT2D eigenvalue weighted by atomic mass is 9.91. The van der Waals surface area contributed by atoms with Gasteiger partial charge in [-0.05, 0) is 44.0 Å². The molecular weight excluding hydrogens is 246 g/mol. The van der Waals surface area contributed by atoms with Crippen LogP contribution in [0.1, 0.15) is 26.7 Å². The Bertz CT molecular complexity index is 394. The second kappa shape index (κ2) is 6.59. The van der Waals surface area contributed by atoms with Crippen molar-refractivity contribution in [2.24, 2.45) is 11.1 Å². The molecule has 3 heteroatoms. The van der Waals surface area contributed by atoms with Crippen LogP contribution < -0.4 is 10.6 Å². The van der Waals surface area contributed by atoms with Gasteiger partial charge >= 0.3 is 0 Å². The number of nitrogens with zero attached hydrogens (tertiary/aromatic N) is 2. The zero-order chi connectivity index (χ0) is 14.6. The van der Waals surface area contributed by atoms with E-state index in [0.29, 0.717) is 6.04 Å². The first-order chi connectivity index (χ1) is 9.52. The molecule has 1 heterocycles. The van der Waals surface area contributed by atoms with Crippen molar-refractivity contribution in [2.45, 2.75) is 32.7 Å². The third-order valence-corrected chi connectivity index (χ3v) is 4.44. The van der Waals surface area contributed by atoms with E-state index >= 15 is 0 Å². The zero-order valence-corrected chi connectivity index (χ0v) is 13.2. The molecule has 1 aliphatic heterocycles. The summed E-state index contributed by atoms with van der Waals surface area (Å²) in [4.78, 5) is 5.01. The van der Waals surface area contributed by atoms with Gasteiger partial charge in [0.2, 0.25) is 0 Å². The van der Waals surface area contributed by atoms with Gasteiger partial charge in [-0.3, -0.25) is 0 Å². The molecule has 112 valence electrons. The Labute approximate surface area is 123 Å². The lowest BCUT2D eigenvalue weighted by molar-refractivity contribution is 0.145. The molecule has 2 N–H and O–H groups in total. The molecule has 0 unspecified atom stereocenters. The van der Waals surface area contributed by atoms with Gasteiger partial charge in [-0.15, -0.1) is 0 Å². The molecule has 0 saturated carbocycles. The number of anilines is 1. The van der Waals surface area contributed by atoms with E-state index < -0.39 is 0 Å². The molecule has 0 aromatic heterocycles. The van der Waals surface area contributed by atoms with Crippen molar-refractivity contribution in [2.75, 3.05) is 38.1 Å². The second-order valence-electron chi connectivity index (χ2n) is 6.84. The number of para-hydroxylation sites is 1. The summed E-state index contributed by atoms with van der Waals surface area (Å²) in [6.45, 7) is 8.65. The number of nitrogens with two attached hydrogens (primary N) is 1. The predicted molar refractivity (Wildman–Crippen MR) is 87.1 cm³/mol. The van der Waals surface area contributed by atoms with Crippen molar-refractivity contribution < 1.29 is 0 Å². The predicted octanol–water partition coefficient (Wildman–Crippen LogP) is 2.57. The Balaban J connectivity index is 1.85. The molecule has 0 aliphatic carbocycles. The SMILES string of the molecule is CN(CC(C)(C)CN)C1CCN(c2ccccc2)CC1. The summed E-state index contributed by atoms with van der Waals surface area (Å²) >= 11 is 0. The molecule has 1 fully saturated rings. The third kappa shape index (κ3) is 3.97. The molecule has 0 radical (unpaired) electrons. The van der Waals surface area contributed by atoms with Crippen LogP contribution in [0, 0.1) is 5.41 Å². The van der Waals surface area contributed by atoms with Gasteiger partial charge in [-0.25, -0.2) is 0 Å². The van der Waals surface area contributed by atoms with E-state index in [9.17, 15) is 0 Å². The summed E-state index contributed by atoms with van der Waals surface area (Å²) in [5, 5.41) is 0. The highest BCUT2D eigenvalue weighted by Crippen LogP contribution is 2.24. The van der Waals surface area contributed by atoms with Crippen LogP contribution in [-0.2, 0) is 0 Å². The summed E-state index contributed by atoms with van der Waals surface area (Å²) in [5.41, 5.74) is 7.42. The Kier molecular flexibility index (Phi) is 5.06. The number of piperidine rings is 1. The summed E-state index contributed by atoms with van der Waals surface area (Å²) in [5.74, 6) is 0. The molecule has 0 amide bonds. The van der Waals surface area contributed by atoms with E-state index in [2.05, 4.69) is 61.0 Å². The molecule has 2 rings (SSSR count). The van der Waals surface area contributed by atoms with E-state index in [1.807, 2.05) is 0 Å². The van der Waals surface area contributed by atoms with Crippen molar-refractivity contribution in [1.29, 1.82) is 0 Å². The molecule has 1 saturated heterocycles. The maximum Gasteiger partial charge on any atom is 0.0366 e. The normalized spacial score (nSPS) is 17.8. The number of hydrogen-bond acceptors (Lipinski definition) is 3. The van der Waals surface area contributed by atoms with Gasteiger partial charge in [-0.1, -0.05) is 32.0 Å². The molecule has 0 atom stereocenters. The summed E-state index contributed by atoms with van der Waals surface area (Å²) in [6.07, 6.45) is 2.48. The van der Waals surface area contributed by atoms with Crippen LogP contribution in [0.2, 0.25) is 0 Å². The van der Waals surface area contributed by atoms with Crippen LogP contribution in [0.5, 0.6) is 0 Å². The van der Waals surface area contributed by atoms with Gasteiger partial charge in [0.1, 0.15) is 0 Å². The minimum absolute atomic E-state index is 0.214. The first kappa shape index (κ1) is 15.3. The Morgan fingerprint density at radius 1 is 1.20 bits per heavy atom. The maximum absolute atomic E-state index is 5.85. The highest BCUT2D eigenvalue weighted by atomic mass is 15.2. The fraction of sp³-hybridized carbons (Fsp3) is 0.647. The van der Waals surface area contributed by atoms with Gasteiger partial charge in [0.05, 0.1) is 0 Å². The van der Waals surface area contributed by atoms with Crippen LogP contribution in [0.15, 0.2) is 30.3 Å². The standard InChI is InChI=1S/C17H29N3/c1-17(2,13-18)14-19(3)15-9-11-20(12-10-15)16-7-5-4-6-8-16/h4-8,15H,9-14,18H2,1-3H3. The Hall–Kier alpha value is -1.06. The van der Waals surface area contributed by atoms with E-state index in [1.165, 1.54) is 18.5 Å². The largest absolute Gasteiger partial charge is 0.371 e. The monoisotopic (exact) mass is 275 g/mol. The van der Waals surface area contributed by atoms with Gasteiger partial charge in [0.15, 0.2) is 0 Å². The van der Waals surface area contributed by atoms with Gasteiger partial charge in [0, 0.05) is 31.4 Å². The topological polar surface area (TPSA) is 32.5 Å². The zero-order valence-electron chi connectivity index (χ0n) is 13.2. The molecular formula is C17H29N3. The van der Waals surface area contributed by atoms with Crippen molar-refractivity contribution in [3.05, 3.63) is 30.3 Å². The average molecular weight is 275 g/mol. The first-order valence-electron chi connectivity index (χ1n) is 7.72. The van der Waals surface area contributed by atoms with Crippen molar-refractivity contribution in [1.82, 2.24) is 4.90 Å². The van der Waals surface area contributed by atoms with E-state index in [4.69, 9.17) is 5.73 Å². The minimum atomic E-state index is 0.214. The summed E-state index contributed by atoms with van der Waals surface area (Å²) in [6, 6.07) is 11.4. The third-order valence-electron chi connectivity index (χ3n) is 4.44. The van der Waals surface area contributed by atoms with Crippen molar-refractivity contribution >= 4 is 5.69 Å². The molecule has 0 bridgehead atoms. The van der Waals surface area contributed by atoms with Gasteiger partial charge in [0.25, 0.3) is 0 Å². The molecule has 20 heavy (non-hydrogen) atoms. The summed E-state index contributed by atoms with van der Waals surface area (Å²) in [7, 11) is 2.25. The number of rotatable bonds is 5. The highest BCUT2D eigenvalue weighted by molar-refractivity contribution is 5.46. The fourth-order valence-corrected chi connectivity index (χ4v) is 3.07. The number of hydrogen-bond donors (Lipinski definition) is 1. The quantitative estimate of drug-likeness (QED) is 0.896. The van der Waals surface area contributed by atoms with E-state index in [1.54, 1.807) is 0 Å². The van der Waals surface area contributed by atoms with Crippen LogP contribution in [0.3, 0.4) is 0 Å². The highest BCUT2D eigenvalue weighted by Gasteiger charge is 2.26. The lowest BCUT2D eigenvalue weighted by Crippen LogP contribution is -2.47. The molecule has 3 nitrogen and oxygen atoms in total. The van der Waals surface area contributed by atoms with Crippen LogP contribution in [0.25, 0.3) is 0 Å². The van der Waals surface area contributed by atoms with Crippen molar-refractivity contribution in [3.8, 4) is 0 Å². The number of benzene rings is 1. The van der Waals surface area contributed by atoms with Crippen molar-refractivity contribution in [3.63, 3.8) is 0 Å². The molecule has 0 spiro atoms. The summed E-state index contributed by atoms with van der Waals surface area (Å²) < 4.78 is 0. The molecule has 1 aromatic rings. The minimum Gasteiger partial charge on any atom is -0.371 e. The Morgan fingerprint density at radius 2 is 1.80 bits per heavy atom. The maximum atomic E-state index is 5.85. The fourth-order valence-electron chi connectivity index (χ4n) is 3.07.